The maximum Gasteiger partial charge on any atom is 0.277 e. The standard InChI is InChI=1S/C18H12BrCl2N5OS/c19-12-9-26(8-10-3-4-11(20)6-13(10)21)25-17(12)22-18(27)15-7-14(23-24-15)16-2-1-5-28-16/h1-7,9H,8H2,(H,23,24)(H,22,25,27). The Labute approximate surface area is 182 Å². The van der Waals surface area contributed by atoms with E-state index < -0.39 is 0 Å². The Hall–Kier alpha value is -2.13. The smallest absolute Gasteiger partial charge is 0.277 e. The fourth-order valence-electron chi connectivity index (χ4n) is 2.55. The van der Waals surface area contributed by atoms with Gasteiger partial charge in [0.2, 0.25) is 0 Å². The lowest BCUT2D eigenvalue weighted by Crippen LogP contribution is -2.13. The van der Waals surface area contributed by atoms with Gasteiger partial charge in [0, 0.05) is 16.2 Å². The lowest BCUT2D eigenvalue weighted by Gasteiger charge is -2.05. The average molecular weight is 497 g/mol. The number of hydrogen-bond acceptors (Lipinski definition) is 4. The van der Waals surface area contributed by atoms with E-state index in [0.717, 1.165) is 16.1 Å². The number of thiophene rings is 1. The number of anilines is 1. The monoisotopic (exact) mass is 495 g/mol. The molecule has 3 heterocycles. The molecule has 4 rings (SSSR count). The number of hydrogen-bond donors (Lipinski definition) is 2. The van der Waals surface area contributed by atoms with E-state index in [1.807, 2.05) is 23.6 Å². The molecule has 0 aliphatic carbocycles. The summed E-state index contributed by atoms with van der Waals surface area (Å²) in [6.45, 7) is 0.440. The minimum absolute atomic E-state index is 0.283. The molecule has 3 aromatic heterocycles. The molecule has 0 aliphatic rings. The Bertz CT molecular complexity index is 1140. The van der Waals surface area contributed by atoms with Crippen molar-refractivity contribution in [3.63, 3.8) is 0 Å². The number of halogens is 3. The third kappa shape index (κ3) is 4.15. The Morgan fingerprint density at radius 1 is 1.29 bits per heavy atom. The largest absolute Gasteiger partial charge is 0.303 e. The van der Waals surface area contributed by atoms with Crippen molar-refractivity contribution in [2.75, 3.05) is 5.32 Å². The van der Waals surface area contributed by atoms with Crippen LogP contribution in [0.5, 0.6) is 0 Å². The van der Waals surface area contributed by atoms with Crippen LogP contribution < -0.4 is 5.32 Å². The molecule has 0 fully saturated rings. The lowest BCUT2D eigenvalue weighted by molar-refractivity contribution is 0.102. The van der Waals surface area contributed by atoms with Gasteiger partial charge in [-0.3, -0.25) is 14.6 Å². The highest BCUT2D eigenvalue weighted by molar-refractivity contribution is 9.10. The fraction of sp³-hybridized carbons (Fsp3) is 0.0556. The Kier molecular flexibility index (Phi) is 5.54. The van der Waals surface area contributed by atoms with Crippen molar-refractivity contribution in [2.45, 2.75) is 6.54 Å². The second-order valence-electron chi connectivity index (χ2n) is 5.86. The molecule has 142 valence electrons. The van der Waals surface area contributed by atoms with Gasteiger partial charge in [-0.2, -0.15) is 10.2 Å². The van der Waals surface area contributed by atoms with Gasteiger partial charge < -0.3 is 5.32 Å². The van der Waals surface area contributed by atoms with Crippen molar-refractivity contribution in [1.82, 2.24) is 20.0 Å². The summed E-state index contributed by atoms with van der Waals surface area (Å²) in [6, 6.07) is 10.9. The summed E-state index contributed by atoms with van der Waals surface area (Å²) in [7, 11) is 0. The SMILES string of the molecule is O=C(Nc1nn(Cc2ccc(Cl)cc2Cl)cc1Br)c1cc(-c2cccs2)[nH]n1. The van der Waals surface area contributed by atoms with E-state index in [1.54, 1.807) is 40.4 Å². The zero-order valence-electron chi connectivity index (χ0n) is 14.1. The quantitative estimate of drug-likeness (QED) is 0.371. The predicted octanol–water partition coefficient (Wildman–Crippen LogP) is 5.70. The number of carbonyl (C=O) groups excluding carboxylic acids is 1. The highest BCUT2D eigenvalue weighted by Crippen LogP contribution is 2.26. The van der Waals surface area contributed by atoms with Crippen LogP contribution in [0.4, 0.5) is 5.82 Å². The molecule has 1 aromatic carbocycles. The maximum absolute atomic E-state index is 12.5. The van der Waals surface area contributed by atoms with E-state index >= 15 is 0 Å². The molecule has 1 amide bonds. The van der Waals surface area contributed by atoms with Crippen LogP contribution in [0.3, 0.4) is 0 Å². The number of H-pyrrole nitrogens is 1. The van der Waals surface area contributed by atoms with Gasteiger partial charge in [0.25, 0.3) is 5.91 Å². The van der Waals surface area contributed by atoms with Crippen LogP contribution in [-0.4, -0.2) is 25.9 Å². The van der Waals surface area contributed by atoms with E-state index in [0.29, 0.717) is 26.9 Å². The molecule has 0 unspecified atom stereocenters. The van der Waals surface area contributed by atoms with Crippen LogP contribution in [0, 0.1) is 0 Å². The molecule has 10 heteroatoms. The summed E-state index contributed by atoms with van der Waals surface area (Å²) in [5.41, 5.74) is 1.94. The zero-order valence-corrected chi connectivity index (χ0v) is 18.0. The maximum atomic E-state index is 12.5. The van der Waals surface area contributed by atoms with Gasteiger partial charge in [-0.05, 0) is 51.1 Å². The Balaban J connectivity index is 1.48. The number of nitrogens with one attached hydrogen (secondary N) is 2. The average Bonchev–Trinajstić information content (AvgIpc) is 3.39. The fourth-order valence-corrected chi connectivity index (χ4v) is 4.13. The summed E-state index contributed by atoms with van der Waals surface area (Å²) in [4.78, 5) is 13.5. The molecule has 0 aliphatic heterocycles. The highest BCUT2D eigenvalue weighted by Gasteiger charge is 2.16. The summed E-state index contributed by atoms with van der Waals surface area (Å²) in [6.07, 6.45) is 1.77. The molecule has 4 aromatic rings. The molecular weight excluding hydrogens is 485 g/mol. The minimum Gasteiger partial charge on any atom is -0.303 e. The van der Waals surface area contributed by atoms with E-state index in [1.165, 1.54) is 0 Å². The number of nitrogens with zero attached hydrogens (tertiary/aromatic N) is 3. The second-order valence-corrected chi connectivity index (χ2v) is 8.50. The molecule has 28 heavy (non-hydrogen) atoms. The van der Waals surface area contributed by atoms with E-state index in [-0.39, 0.29) is 11.6 Å². The second kappa shape index (κ2) is 8.08. The van der Waals surface area contributed by atoms with Crippen LogP contribution >= 0.6 is 50.5 Å². The summed E-state index contributed by atoms with van der Waals surface area (Å²) < 4.78 is 2.33. The van der Waals surface area contributed by atoms with Crippen molar-refractivity contribution in [3.8, 4) is 10.6 Å². The topological polar surface area (TPSA) is 75.6 Å². The number of benzene rings is 1. The van der Waals surface area contributed by atoms with Crippen molar-refractivity contribution in [2.24, 2.45) is 0 Å². The molecule has 6 nitrogen and oxygen atoms in total. The van der Waals surface area contributed by atoms with Crippen molar-refractivity contribution in [3.05, 3.63) is 73.8 Å². The molecule has 0 spiro atoms. The Morgan fingerprint density at radius 3 is 2.89 bits per heavy atom. The van der Waals surface area contributed by atoms with E-state index in [9.17, 15) is 4.79 Å². The van der Waals surface area contributed by atoms with Gasteiger partial charge in [-0.25, -0.2) is 0 Å². The number of aromatic amines is 1. The van der Waals surface area contributed by atoms with Gasteiger partial charge >= 0.3 is 0 Å². The van der Waals surface area contributed by atoms with Crippen LogP contribution in [0.15, 0.2) is 52.4 Å². The molecule has 0 saturated heterocycles. The molecule has 2 N–H and O–H groups in total. The lowest BCUT2D eigenvalue weighted by atomic mass is 10.2. The third-order valence-corrected chi connectivity index (χ3v) is 5.96. The first-order chi connectivity index (χ1) is 13.5. The number of aromatic nitrogens is 4. The molecule has 0 saturated carbocycles. The molecule has 0 radical (unpaired) electrons. The molecule has 0 atom stereocenters. The van der Waals surface area contributed by atoms with Crippen LogP contribution in [0.25, 0.3) is 10.6 Å². The summed E-state index contributed by atoms with van der Waals surface area (Å²) >= 11 is 17.1. The summed E-state index contributed by atoms with van der Waals surface area (Å²) in [5.74, 6) is 0.0466. The van der Waals surface area contributed by atoms with Gasteiger partial charge in [-0.1, -0.05) is 35.3 Å². The van der Waals surface area contributed by atoms with E-state index in [2.05, 4.69) is 36.5 Å². The normalized spacial score (nSPS) is 11.0. The first kappa shape index (κ1) is 19.2. The van der Waals surface area contributed by atoms with Crippen LogP contribution in [-0.2, 0) is 6.54 Å². The number of carbonyl (C=O) groups is 1. The van der Waals surface area contributed by atoms with Gasteiger partial charge in [0.05, 0.1) is 21.6 Å². The number of rotatable bonds is 5. The van der Waals surface area contributed by atoms with Gasteiger partial charge in [0.1, 0.15) is 0 Å². The van der Waals surface area contributed by atoms with Crippen molar-refractivity contribution >= 4 is 62.2 Å². The van der Waals surface area contributed by atoms with Crippen molar-refractivity contribution < 1.29 is 4.79 Å². The first-order valence-electron chi connectivity index (χ1n) is 8.07. The van der Waals surface area contributed by atoms with E-state index in [4.69, 9.17) is 23.2 Å². The molecular formula is C18H12BrCl2N5OS. The van der Waals surface area contributed by atoms with Gasteiger partial charge in [-0.15, -0.1) is 11.3 Å². The molecule has 0 bridgehead atoms. The van der Waals surface area contributed by atoms with Crippen LogP contribution in [0.1, 0.15) is 16.1 Å². The zero-order chi connectivity index (χ0) is 19.7. The minimum atomic E-state index is -0.352. The first-order valence-corrected chi connectivity index (χ1v) is 10.5. The Morgan fingerprint density at radius 2 is 2.14 bits per heavy atom. The number of amides is 1. The highest BCUT2D eigenvalue weighted by atomic mass is 79.9. The van der Waals surface area contributed by atoms with Crippen molar-refractivity contribution in [1.29, 1.82) is 0 Å². The van der Waals surface area contributed by atoms with Crippen LogP contribution in [0.2, 0.25) is 10.0 Å². The summed E-state index contributed by atoms with van der Waals surface area (Å²) in [5, 5.41) is 17.2. The third-order valence-electron chi connectivity index (χ3n) is 3.89. The predicted molar refractivity (Wildman–Crippen MR) is 115 cm³/mol. The van der Waals surface area contributed by atoms with Gasteiger partial charge in [0.15, 0.2) is 11.5 Å².